The highest BCUT2D eigenvalue weighted by Gasteiger charge is 2.05. The second-order valence-electron chi connectivity index (χ2n) is 3.07. The van der Waals surface area contributed by atoms with Gasteiger partial charge >= 0.3 is 0 Å². The molecule has 0 aliphatic carbocycles. The van der Waals surface area contributed by atoms with Gasteiger partial charge in [0.05, 0.1) is 6.61 Å². The monoisotopic (exact) mass is 204 g/mol. The Morgan fingerprint density at radius 1 is 1.33 bits per heavy atom. The van der Waals surface area contributed by atoms with Gasteiger partial charge in [0.15, 0.2) is 0 Å². The first kappa shape index (κ1) is 9.64. The maximum absolute atomic E-state index is 5.59. The third-order valence-electron chi connectivity index (χ3n) is 1.92. The van der Waals surface area contributed by atoms with Crippen LogP contribution in [-0.2, 0) is 0 Å². The Kier molecular flexibility index (Phi) is 2.92. The van der Waals surface area contributed by atoms with Gasteiger partial charge in [-0.1, -0.05) is 19.1 Å². The first-order valence-corrected chi connectivity index (χ1v) is 4.87. The normalized spacial score (nSPS) is 10.2. The molecular weight excluding hydrogens is 192 g/mol. The predicted molar refractivity (Wildman–Crippen MR) is 54.9 cm³/mol. The molecule has 0 amide bonds. The van der Waals surface area contributed by atoms with Crippen LogP contribution < -0.4 is 4.74 Å². The number of rotatable bonds is 4. The molecule has 2 rings (SSSR count). The number of hydrogen-bond acceptors (Lipinski definition) is 4. The molecule has 15 heavy (non-hydrogen) atoms. The van der Waals surface area contributed by atoms with E-state index in [0.29, 0.717) is 6.61 Å². The molecule has 0 unspecified atom stereocenters. The number of aromatic nitrogens is 4. The molecule has 0 atom stereocenters. The van der Waals surface area contributed by atoms with Gasteiger partial charge in [0.2, 0.25) is 0 Å². The Hall–Kier alpha value is -1.91. The molecule has 1 aromatic heterocycles. The molecule has 1 heterocycles. The molecule has 0 radical (unpaired) electrons. The van der Waals surface area contributed by atoms with Crippen molar-refractivity contribution >= 4 is 0 Å². The average molecular weight is 204 g/mol. The van der Waals surface area contributed by atoms with Crippen molar-refractivity contribution in [3.63, 3.8) is 0 Å². The zero-order chi connectivity index (χ0) is 10.5. The van der Waals surface area contributed by atoms with Crippen LogP contribution in [0.3, 0.4) is 0 Å². The smallest absolute Gasteiger partial charge is 0.145 e. The molecule has 0 aliphatic rings. The average Bonchev–Trinajstić information content (AvgIpc) is 2.80. The summed E-state index contributed by atoms with van der Waals surface area (Å²) in [7, 11) is 0. The lowest BCUT2D eigenvalue weighted by Crippen LogP contribution is -2.02. The summed E-state index contributed by atoms with van der Waals surface area (Å²) in [6.07, 6.45) is 2.53. The number of benzene rings is 1. The molecule has 0 fully saturated rings. The van der Waals surface area contributed by atoms with Crippen molar-refractivity contribution in [3.05, 3.63) is 30.6 Å². The number of para-hydroxylation sites is 2. The standard InChI is InChI=1S/C10H12N4O/c1-2-7-15-10-6-4-3-5-9(10)14-8-11-12-13-14/h3-6,8H,2,7H2,1H3. The van der Waals surface area contributed by atoms with Crippen LogP contribution in [0.1, 0.15) is 13.3 Å². The van der Waals surface area contributed by atoms with Gasteiger partial charge in [-0.25, -0.2) is 0 Å². The molecular formula is C10H12N4O. The number of nitrogens with zero attached hydrogens (tertiary/aromatic N) is 4. The minimum Gasteiger partial charge on any atom is -0.491 e. The van der Waals surface area contributed by atoms with Crippen molar-refractivity contribution in [1.29, 1.82) is 0 Å². The number of ether oxygens (including phenoxy) is 1. The van der Waals surface area contributed by atoms with Gasteiger partial charge in [-0.2, -0.15) is 4.68 Å². The highest BCUT2D eigenvalue weighted by atomic mass is 16.5. The van der Waals surface area contributed by atoms with Gasteiger partial charge in [-0.3, -0.25) is 0 Å². The molecule has 0 spiro atoms. The van der Waals surface area contributed by atoms with Gasteiger partial charge in [0.1, 0.15) is 17.8 Å². The van der Waals surface area contributed by atoms with Crippen LogP contribution >= 0.6 is 0 Å². The fraction of sp³-hybridized carbons (Fsp3) is 0.300. The van der Waals surface area contributed by atoms with Gasteiger partial charge < -0.3 is 4.74 Å². The van der Waals surface area contributed by atoms with Crippen LogP contribution in [0.2, 0.25) is 0 Å². The summed E-state index contributed by atoms with van der Waals surface area (Å²) in [6, 6.07) is 7.68. The maximum Gasteiger partial charge on any atom is 0.145 e. The molecule has 0 saturated carbocycles. The molecule has 0 saturated heterocycles. The molecule has 1 aromatic carbocycles. The lowest BCUT2D eigenvalue weighted by atomic mass is 10.3. The van der Waals surface area contributed by atoms with E-state index in [9.17, 15) is 0 Å². The van der Waals surface area contributed by atoms with Gasteiger partial charge in [0, 0.05) is 0 Å². The van der Waals surface area contributed by atoms with Crippen LogP contribution in [0.4, 0.5) is 0 Å². The molecule has 5 heteroatoms. The van der Waals surface area contributed by atoms with E-state index in [0.717, 1.165) is 17.9 Å². The van der Waals surface area contributed by atoms with E-state index in [2.05, 4.69) is 22.4 Å². The van der Waals surface area contributed by atoms with Gasteiger partial charge in [-0.15, -0.1) is 5.10 Å². The summed E-state index contributed by atoms with van der Waals surface area (Å²) in [5, 5.41) is 11.0. The number of tetrazole rings is 1. The van der Waals surface area contributed by atoms with E-state index in [1.807, 2.05) is 24.3 Å². The highest BCUT2D eigenvalue weighted by molar-refractivity contribution is 5.45. The Labute approximate surface area is 87.7 Å². The van der Waals surface area contributed by atoms with Crippen molar-refractivity contribution < 1.29 is 4.74 Å². The van der Waals surface area contributed by atoms with E-state index in [1.54, 1.807) is 11.0 Å². The minimum absolute atomic E-state index is 0.694. The van der Waals surface area contributed by atoms with Crippen LogP contribution in [0.15, 0.2) is 30.6 Å². The number of hydrogen-bond donors (Lipinski definition) is 0. The third-order valence-corrected chi connectivity index (χ3v) is 1.92. The second-order valence-corrected chi connectivity index (χ2v) is 3.07. The van der Waals surface area contributed by atoms with E-state index >= 15 is 0 Å². The largest absolute Gasteiger partial charge is 0.491 e. The van der Waals surface area contributed by atoms with Crippen molar-refractivity contribution in [1.82, 2.24) is 20.2 Å². The summed E-state index contributed by atoms with van der Waals surface area (Å²) in [4.78, 5) is 0. The summed E-state index contributed by atoms with van der Waals surface area (Å²) < 4.78 is 7.18. The Bertz CT molecular complexity index is 413. The second kappa shape index (κ2) is 4.54. The molecule has 5 nitrogen and oxygen atoms in total. The highest BCUT2D eigenvalue weighted by Crippen LogP contribution is 2.20. The Morgan fingerprint density at radius 3 is 2.93 bits per heavy atom. The van der Waals surface area contributed by atoms with E-state index in [-0.39, 0.29) is 0 Å². The van der Waals surface area contributed by atoms with E-state index in [1.165, 1.54) is 0 Å². The lowest BCUT2D eigenvalue weighted by Gasteiger charge is -2.08. The molecule has 0 N–H and O–H groups in total. The quantitative estimate of drug-likeness (QED) is 0.756. The minimum atomic E-state index is 0.694. The molecule has 78 valence electrons. The topological polar surface area (TPSA) is 52.8 Å². The summed E-state index contributed by atoms with van der Waals surface area (Å²) in [5.74, 6) is 0.798. The van der Waals surface area contributed by atoms with E-state index in [4.69, 9.17) is 4.74 Å². The third kappa shape index (κ3) is 2.12. The summed E-state index contributed by atoms with van der Waals surface area (Å²) in [5.41, 5.74) is 0.857. The fourth-order valence-electron chi connectivity index (χ4n) is 1.25. The van der Waals surface area contributed by atoms with Crippen molar-refractivity contribution in [3.8, 4) is 11.4 Å². The predicted octanol–water partition coefficient (Wildman–Crippen LogP) is 1.45. The zero-order valence-corrected chi connectivity index (χ0v) is 8.50. The molecule has 0 bridgehead atoms. The molecule has 2 aromatic rings. The van der Waals surface area contributed by atoms with E-state index < -0.39 is 0 Å². The van der Waals surface area contributed by atoms with Gasteiger partial charge in [0.25, 0.3) is 0 Å². The van der Waals surface area contributed by atoms with Crippen LogP contribution in [-0.4, -0.2) is 26.8 Å². The Morgan fingerprint density at radius 2 is 2.20 bits per heavy atom. The maximum atomic E-state index is 5.59. The van der Waals surface area contributed by atoms with Crippen molar-refractivity contribution in [2.75, 3.05) is 6.61 Å². The van der Waals surface area contributed by atoms with Gasteiger partial charge in [-0.05, 0) is 29.0 Å². The summed E-state index contributed by atoms with van der Waals surface area (Å²) in [6.45, 7) is 2.76. The van der Waals surface area contributed by atoms with Crippen LogP contribution in [0.5, 0.6) is 5.75 Å². The first-order valence-electron chi connectivity index (χ1n) is 4.87. The van der Waals surface area contributed by atoms with Crippen molar-refractivity contribution in [2.45, 2.75) is 13.3 Å². The lowest BCUT2D eigenvalue weighted by molar-refractivity contribution is 0.315. The Balaban J connectivity index is 2.30. The SMILES string of the molecule is CCCOc1ccccc1-n1cnnn1. The van der Waals surface area contributed by atoms with Crippen LogP contribution in [0.25, 0.3) is 5.69 Å². The zero-order valence-electron chi connectivity index (χ0n) is 8.50. The fourth-order valence-corrected chi connectivity index (χ4v) is 1.25. The summed E-state index contributed by atoms with van der Waals surface area (Å²) >= 11 is 0. The van der Waals surface area contributed by atoms with Crippen molar-refractivity contribution in [2.24, 2.45) is 0 Å². The first-order chi connectivity index (χ1) is 7.42. The van der Waals surface area contributed by atoms with Crippen LogP contribution in [0, 0.1) is 0 Å². The molecule has 0 aliphatic heterocycles.